The van der Waals surface area contributed by atoms with Crippen LogP contribution in [-0.4, -0.2) is 41.7 Å². The van der Waals surface area contributed by atoms with Crippen molar-refractivity contribution in [3.05, 3.63) is 68.5 Å². The lowest BCUT2D eigenvalue weighted by Gasteiger charge is -2.51. The molecule has 0 radical (unpaired) electrons. The van der Waals surface area contributed by atoms with Crippen LogP contribution in [0.2, 0.25) is 5.02 Å². The summed E-state index contributed by atoms with van der Waals surface area (Å²) in [4.78, 5) is 33.3. The van der Waals surface area contributed by atoms with E-state index in [0.717, 1.165) is 31.2 Å². The van der Waals surface area contributed by atoms with E-state index < -0.39 is 11.5 Å². The van der Waals surface area contributed by atoms with Gasteiger partial charge < -0.3 is 10.4 Å². The Morgan fingerprint density at radius 2 is 1.71 bits per heavy atom. The largest absolute Gasteiger partial charge is 0.508 e. The van der Waals surface area contributed by atoms with E-state index in [1.165, 1.54) is 41.9 Å². The smallest absolute Gasteiger partial charge is 0.354 e. The molecule has 4 fully saturated rings. The molecule has 3 aromatic heterocycles. The van der Waals surface area contributed by atoms with E-state index in [1.807, 2.05) is 27.7 Å². The lowest BCUT2D eigenvalue weighted by Crippen LogP contribution is -2.53. The molecule has 2 aliphatic heterocycles. The van der Waals surface area contributed by atoms with Crippen LogP contribution in [-0.2, 0) is 0 Å². The summed E-state index contributed by atoms with van der Waals surface area (Å²) >= 11 is 6.64. The van der Waals surface area contributed by atoms with Crippen LogP contribution in [0.5, 0.6) is 5.75 Å². The fourth-order valence-corrected chi connectivity index (χ4v) is 8.81. The number of aromatic nitrogens is 5. The number of hydrogen-bond donors (Lipinski definition) is 2. The third kappa shape index (κ3) is 4.60. The molecule has 234 valence electrons. The lowest BCUT2D eigenvalue weighted by molar-refractivity contribution is 0.0529. The minimum absolute atomic E-state index is 0.0222. The summed E-state index contributed by atoms with van der Waals surface area (Å²) in [5, 5.41) is 15.2. The first-order valence-electron chi connectivity index (χ1n) is 16.4. The average Bonchev–Trinajstić information content (AvgIpc) is 3.73. The first-order valence-corrected chi connectivity index (χ1v) is 16.8. The molecular formula is C35H38ClFN6O2. The van der Waals surface area contributed by atoms with E-state index in [0.29, 0.717) is 68.3 Å². The van der Waals surface area contributed by atoms with Crippen molar-refractivity contribution >= 4 is 22.6 Å². The van der Waals surface area contributed by atoms with Crippen molar-refractivity contribution < 1.29 is 9.50 Å². The summed E-state index contributed by atoms with van der Waals surface area (Å²) in [7, 11) is 0. The zero-order valence-electron chi connectivity index (χ0n) is 26.0. The van der Waals surface area contributed by atoms with Crippen LogP contribution < -0.4 is 11.0 Å². The number of benzene rings is 1. The number of nitrogens with zero attached hydrogens (tertiary/aromatic N) is 5. The topological polar surface area (TPSA) is 106 Å². The van der Waals surface area contributed by atoms with Crippen LogP contribution in [0.4, 0.5) is 4.39 Å². The highest BCUT2D eigenvalue weighted by molar-refractivity contribution is 6.32. The predicted octanol–water partition coefficient (Wildman–Crippen LogP) is 7.10. The second-order valence-corrected chi connectivity index (χ2v) is 14.6. The Balaban J connectivity index is 1.42. The van der Waals surface area contributed by atoms with Gasteiger partial charge in [-0.1, -0.05) is 39.3 Å². The quantitative estimate of drug-likeness (QED) is 0.234. The van der Waals surface area contributed by atoms with Crippen molar-refractivity contribution in [3.63, 3.8) is 0 Å². The zero-order valence-corrected chi connectivity index (χ0v) is 26.8. The molecule has 2 N–H and O–H groups in total. The van der Waals surface area contributed by atoms with Crippen molar-refractivity contribution in [2.45, 2.75) is 102 Å². The number of aromatic hydroxyl groups is 1. The standard InChI is InChI=1S/C35H38ClFN6O2/c1-15(2)29-33(30(16(3)4)39-14-38-29)43-34-24(31(42-35(43)45)22-12-21-20(22)9-18-7-8-27(21)40-18)13-26(37)32(41-34)23-10-19(44)11-25(36)28(23)17-5-6-17/h10-11,13-18,20-22,27,40,44H,5-9,12H2,1-4H3/t18?,20-,21?,22?,27?/m0/s1. The zero-order chi connectivity index (χ0) is 31.3. The summed E-state index contributed by atoms with van der Waals surface area (Å²) in [6.07, 6.45) is 7.74. The number of phenols is 1. The highest BCUT2D eigenvalue weighted by Gasteiger charge is 2.53. The fourth-order valence-electron chi connectivity index (χ4n) is 8.45. The number of fused-ring (bicyclic) bond motifs is 5. The number of hydrogen-bond acceptors (Lipinski definition) is 7. The van der Waals surface area contributed by atoms with E-state index in [2.05, 4.69) is 15.3 Å². The molecule has 10 heteroatoms. The Kier molecular flexibility index (Phi) is 6.80. The van der Waals surface area contributed by atoms with Gasteiger partial charge in [-0.2, -0.15) is 4.98 Å². The Hall–Kier alpha value is -3.43. The summed E-state index contributed by atoms with van der Waals surface area (Å²) in [6.45, 7) is 8.11. The molecule has 2 aliphatic carbocycles. The van der Waals surface area contributed by atoms with Gasteiger partial charge in [-0.05, 0) is 91.9 Å². The van der Waals surface area contributed by atoms with Gasteiger partial charge >= 0.3 is 5.69 Å². The van der Waals surface area contributed by atoms with Crippen molar-refractivity contribution in [3.8, 4) is 22.7 Å². The van der Waals surface area contributed by atoms with E-state index in [4.69, 9.17) is 21.6 Å². The molecule has 2 saturated carbocycles. The summed E-state index contributed by atoms with van der Waals surface area (Å²) < 4.78 is 18.0. The minimum atomic E-state index is -0.530. The second kappa shape index (κ2) is 10.6. The molecule has 8 rings (SSSR count). The van der Waals surface area contributed by atoms with Gasteiger partial charge in [0.2, 0.25) is 0 Å². The van der Waals surface area contributed by atoms with E-state index >= 15 is 4.39 Å². The molecule has 8 nitrogen and oxygen atoms in total. The van der Waals surface area contributed by atoms with E-state index in [9.17, 15) is 9.90 Å². The maximum atomic E-state index is 16.5. The third-order valence-corrected chi connectivity index (χ3v) is 11.0. The maximum Gasteiger partial charge on any atom is 0.354 e. The Bertz CT molecular complexity index is 1890. The number of halogens is 2. The molecule has 0 spiro atoms. The Labute approximate surface area is 266 Å². The number of piperidine rings is 1. The third-order valence-electron chi connectivity index (χ3n) is 10.7. The molecular weight excluding hydrogens is 591 g/mol. The summed E-state index contributed by atoms with van der Waals surface area (Å²) in [6, 6.07) is 5.54. The number of phenolic OH excluding ortho intramolecular Hbond substituents is 1. The second-order valence-electron chi connectivity index (χ2n) is 14.2. The first kappa shape index (κ1) is 29.0. The highest BCUT2D eigenvalue weighted by Crippen LogP contribution is 2.56. The van der Waals surface area contributed by atoms with Crippen LogP contribution in [0.25, 0.3) is 28.0 Å². The predicted molar refractivity (Wildman–Crippen MR) is 172 cm³/mol. The maximum absolute atomic E-state index is 16.5. The molecule has 45 heavy (non-hydrogen) atoms. The molecule has 5 heterocycles. The first-order chi connectivity index (χ1) is 21.6. The van der Waals surface area contributed by atoms with Crippen molar-refractivity contribution in [2.24, 2.45) is 11.8 Å². The van der Waals surface area contributed by atoms with Gasteiger partial charge in [-0.3, -0.25) is 0 Å². The van der Waals surface area contributed by atoms with Crippen LogP contribution in [0.3, 0.4) is 0 Å². The minimum Gasteiger partial charge on any atom is -0.508 e. The van der Waals surface area contributed by atoms with Gasteiger partial charge in [0.15, 0.2) is 5.65 Å². The molecule has 2 bridgehead atoms. The average molecular weight is 629 g/mol. The highest BCUT2D eigenvalue weighted by atomic mass is 35.5. The molecule has 5 atom stereocenters. The molecule has 4 aliphatic rings. The fraction of sp³-hybridized carbons (Fsp3) is 0.514. The SMILES string of the molecule is CC(C)c1ncnc(C(C)C)c1-n1c(=O)nc(C2CC3C4CCC(C[C@H]23)N4)c2cc(F)c(-c3cc(O)cc(Cl)c3C3CC3)nc21. The van der Waals surface area contributed by atoms with Gasteiger partial charge in [0, 0.05) is 34.0 Å². The van der Waals surface area contributed by atoms with Gasteiger partial charge in [0.25, 0.3) is 0 Å². The molecule has 0 amide bonds. The number of pyridine rings is 1. The summed E-state index contributed by atoms with van der Waals surface area (Å²) in [5.41, 5.74) is 3.78. The monoisotopic (exact) mass is 628 g/mol. The summed E-state index contributed by atoms with van der Waals surface area (Å²) in [5.74, 6) is 0.551. The van der Waals surface area contributed by atoms with Crippen LogP contribution in [0.1, 0.15) is 113 Å². The lowest BCUT2D eigenvalue weighted by atomic mass is 9.58. The van der Waals surface area contributed by atoms with Crippen molar-refractivity contribution in [1.82, 2.24) is 29.8 Å². The van der Waals surface area contributed by atoms with Crippen LogP contribution in [0, 0.1) is 17.7 Å². The Morgan fingerprint density at radius 1 is 0.978 bits per heavy atom. The number of rotatable bonds is 6. The van der Waals surface area contributed by atoms with Gasteiger partial charge in [-0.15, -0.1) is 0 Å². The van der Waals surface area contributed by atoms with Gasteiger partial charge in [0.1, 0.15) is 23.6 Å². The van der Waals surface area contributed by atoms with Gasteiger partial charge in [0.05, 0.1) is 22.8 Å². The molecule has 2 saturated heterocycles. The van der Waals surface area contributed by atoms with Crippen LogP contribution in [0.15, 0.2) is 29.3 Å². The van der Waals surface area contributed by atoms with Crippen molar-refractivity contribution in [1.29, 1.82) is 0 Å². The van der Waals surface area contributed by atoms with E-state index in [1.54, 1.807) is 0 Å². The normalized spacial score (nSPS) is 25.6. The van der Waals surface area contributed by atoms with E-state index in [-0.39, 0.29) is 35.1 Å². The number of nitrogens with one attached hydrogen (secondary N) is 1. The Morgan fingerprint density at radius 3 is 2.40 bits per heavy atom. The van der Waals surface area contributed by atoms with Crippen molar-refractivity contribution in [2.75, 3.05) is 0 Å². The molecule has 4 unspecified atom stereocenters. The van der Waals surface area contributed by atoms with Gasteiger partial charge in [-0.25, -0.2) is 28.7 Å². The molecule has 1 aromatic carbocycles. The molecule has 4 aromatic rings. The van der Waals surface area contributed by atoms with Crippen LogP contribution >= 0.6 is 11.6 Å².